The van der Waals surface area contributed by atoms with Crippen LogP contribution in [-0.2, 0) is 4.79 Å². The second-order valence-corrected chi connectivity index (χ2v) is 7.11. The highest BCUT2D eigenvalue weighted by molar-refractivity contribution is 5.78. The van der Waals surface area contributed by atoms with Gasteiger partial charge < -0.3 is 14.9 Å². The van der Waals surface area contributed by atoms with Gasteiger partial charge in [-0.15, -0.1) is 0 Å². The average molecular weight is 331 g/mol. The van der Waals surface area contributed by atoms with E-state index in [0.717, 1.165) is 32.5 Å². The first-order chi connectivity index (χ1) is 11.6. The van der Waals surface area contributed by atoms with Crippen LogP contribution in [-0.4, -0.2) is 72.7 Å². The van der Waals surface area contributed by atoms with Gasteiger partial charge in [-0.25, -0.2) is 0 Å². The lowest BCUT2D eigenvalue weighted by Gasteiger charge is -2.39. The quantitative estimate of drug-likeness (QED) is 0.860. The van der Waals surface area contributed by atoms with Gasteiger partial charge in [-0.05, 0) is 38.4 Å². The van der Waals surface area contributed by atoms with Crippen molar-refractivity contribution in [3.63, 3.8) is 0 Å². The molecule has 24 heavy (non-hydrogen) atoms. The topological polar surface area (TPSA) is 47.0 Å². The van der Waals surface area contributed by atoms with Crippen LogP contribution in [0.3, 0.4) is 0 Å². The third kappa shape index (κ3) is 4.28. The van der Waals surface area contributed by atoms with Gasteiger partial charge in [0.2, 0.25) is 5.91 Å². The molecule has 1 N–H and O–H groups in total. The van der Waals surface area contributed by atoms with E-state index in [1.165, 1.54) is 12.1 Å². The normalized spacial score (nSPS) is 23.1. The second kappa shape index (κ2) is 7.99. The van der Waals surface area contributed by atoms with Gasteiger partial charge in [0.05, 0.1) is 6.10 Å². The number of aliphatic hydroxyl groups is 1. The molecule has 5 heteroatoms. The maximum atomic E-state index is 11.7. The lowest BCUT2D eigenvalue weighted by Crippen LogP contribution is -2.50. The van der Waals surface area contributed by atoms with E-state index in [1.54, 1.807) is 4.90 Å². The number of piperidine rings is 1. The zero-order valence-electron chi connectivity index (χ0n) is 14.6. The molecule has 0 bridgehead atoms. The van der Waals surface area contributed by atoms with Crippen LogP contribution in [0.5, 0.6) is 0 Å². The Morgan fingerprint density at radius 3 is 2.75 bits per heavy atom. The summed E-state index contributed by atoms with van der Waals surface area (Å²) < 4.78 is 0. The number of para-hydroxylation sites is 1. The number of likely N-dealkylation sites (tertiary alicyclic amines) is 1. The van der Waals surface area contributed by atoms with E-state index in [2.05, 4.69) is 41.1 Å². The summed E-state index contributed by atoms with van der Waals surface area (Å²) in [7, 11) is 2.09. The van der Waals surface area contributed by atoms with E-state index in [-0.39, 0.29) is 5.91 Å². The lowest BCUT2D eigenvalue weighted by atomic mass is 10.0. The summed E-state index contributed by atoms with van der Waals surface area (Å²) >= 11 is 0. The van der Waals surface area contributed by atoms with Crippen molar-refractivity contribution in [2.75, 3.05) is 44.7 Å². The summed E-state index contributed by atoms with van der Waals surface area (Å²) in [5.41, 5.74) is 1.28. The van der Waals surface area contributed by atoms with Crippen molar-refractivity contribution >= 4 is 11.6 Å². The maximum Gasteiger partial charge on any atom is 0.222 e. The largest absolute Gasteiger partial charge is 0.390 e. The van der Waals surface area contributed by atoms with Gasteiger partial charge in [-0.3, -0.25) is 9.69 Å². The van der Waals surface area contributed by atoms with Crippen LogP contribution in [0.25, 0.3) is 0 Å². The Morgan fingerprint density at radius 1 is 1.25 bits per heavy atom. The Balaban J connectivity index is 1.50. The zero-order valence-corrected chi connectivity index (χ0v) is 14.6. The first kappa shape index (κ1) is 17.2. The molecule has 0 unspecified atom stereocenters. The molecule has 1 amide bonds. The van der Waals surface area contributed by atoms with Crippen LogP contribution < -0.4 is 4.90 Å². The SMILES string of the molecule is CN(C[C@H](O)CN1CCCC1=O)[C@@H]1CCCN(c2ccccc2)C1. The third-order valence-corrected chi connectivity index (χ3v) is 5.24. The van der Waals surface area contributed by atoms with Crippen LogP contribution in [0.1, 0.15) is 25.7 Å². The summed E-state index contributed by atoms with van der Waals surface area (Å²) in [4.78, 5) is 18.2. The number of benzene rings is 1. The highest BCUT2D eigenvalue weighted by Gasteiger charge is 2.27. The number of aliphatic hydroxyl groups excluding tert-OH is 1. The Kier molecular flexibility index (Phi) is 5.74. The number of hydrogen-bond donors (Lipinski definition) is 1. The number of amides is 1. The molecule has 1 aromatic rings. The monoisotopic (exact) mass is 331 g/mol. The van der Waals surface area contributed by atoms with Gasteiger partial charge in [0.1, 0.15) is 0 Å². The van der Waals surface area contributed by atoms with E-state index >= 15 is 0 Å². The lowest BCUT2D eigenvalue weighted by molar-refractivity contribution is -0.129. The second-order valence-electron chi connectivity index (χ2n) is 7.11. The molecule has 2 saturated heterocycles. The van der Waals surface area contributed by atoms with Crippen LogP contribution in [0.15, 0.2) is 30.3 Å². The first-order valence-corrected chi connectivity index (χ1v) is 9.09. The minimum atomic E-state index is -0.468. The molecule has 1 aromatic carbocycles. The Labute approximate surface area is 144 Å². The van der Waals surface area contributed by atoms with Gasteiger partial charge in [0.15, 0.2) is 0 Å². The predicted molar refractivity (Wildman–Crippen MR) is 96.1 cm³/mol. The van der Waals surface area contributed by atoms with E-state index in [0.29, 0.717) is 25.6 Å². The number of carbonyl (C=O) groups excluding carboxylic acids is 1. The molecule has 0 aromatic heterocycles. The van der Waals surface area contributed by atoms with E-state index in [9.17, 15) is 9.90 Å². The van der Waals surface area contributed by atoms with Crippen molar-refractivity contribution < 1.29 is 9.90 Å². The van der Waals surface area contributed by atoms with Crippen molar-refractivity contribution in [1.29, 1.82) is 0 Å². The molecule has 0 radical (unpaired) electrons. The smallest absolute Gasteiger partial charge is 0.222 e. The van der Waals surface area contributed by atoms with Crippen molar-refractivity contribution in [2.24, 2.45) is 0 Å². The van der Waals surface area contributed by atoms with Crippen LogP contribution in [0, 0.1) is 0 Å². The fraction of sp³-hybridized carbons (Fsp3) is 0.632. The maximum absolute atomic E-state index is 11.7. The molecule has 3 rings (SSSR count). The first-order valence-electron chi connectivity index (χ1n) is 9.09. The highest BCUT2D eigenvalue weighted by atomic mass is 16.3. The van der Waals surface area contributed by atoms with E-state index in [4.69, 9.17) is 0 Å². The molecule has 132 valence electrons. The van der Waals surface area contributed by atoms with Crippen molar-refractivity contribution in [3.8, 4) is 0 Å². The molecular formula is C19H29N3O2. The Morgan fingerprint density at radius 2 is 2.04 bits per heavy atom. The van der Waals surface area contributed by atoms with Gasteiger partial charge in [-0.1, -0.05) is 18.2 Å². The molecule has 0 spiro atoms. The summed E-state index contributed by atoms with van der Waals surface area (Å²) in [6.07, 6.45) is 3.43. The van der Waals surface area contributed by atoms with Crippen molar-refractivity contribution in [3.05, 3.63) is 30.3 Å². The fourth-order valence-corrected chi connectivity index (χ4v) is 3.88. The van der Waals surface area contributed by atoms with Gasteiger partial charge in [-0.2, -0.15) is 0 Å². The number of rotatable bonds is 6. The van der Waals surface area contributed by atoms with Crippen molar-refractivity contribution in [2.45, 2.75) is 37.8 Å². The van der Waals surface area contributed by atoms with Crippen LogP contribution in [0.2, 0.25) is 0 Å². The van der Waals surface area contributed by atoms with E-state index in [1.807, 2.05) is 6.07 Å². The van der Waals surface area contributed by atoms with Gasteiger partial charge in [0, 0.05) is 50.9 Å². The van der Waals surface area contributed by atoms with Crippen molar-refractivity contribution in [1.82, 2.24) is 9.80 Å². The number of anilines is 1. The van der Waals surface area contributed by atoms with Crippen LogP contribution in [0.4, 0.5) is 5.69 Å². The van der Waals surface area contributed by atoms with Gasteiger partial charge in [0.25, 0.3) is 0 Å². The molecular weight excluding hydrogens is 302 g/mol. The number of β-amino-alcohol motifs (C(OH)–C–C–N with tert-alkyl or cyclic N) is 1. The molecule has 0 saturated carbocycles. The zero-order chi connectivity index (χ0) is 16.9. The highest BCUT2D eigenvalue weighted by Crippen LogP contribution is 2.22. The van der Waals surface area contributed by atoms with E-state index < -0.39 is 6.10 Å². The molecule has 2 heterocycles. The Hall–Kier alpha value is -1.59. The minimum Gasteiger partial charge on any atom is -0.390 e. The molecule has 5 nitrogen and oxygen atoms in total. The predicted octanol–water partition coefficient (Wildman–Crippen LogP) is 1.57. The summed E-state index contributed by atoms with van der Waals surface area (Å²) in [5.74, 6) is 0.185. The number of likely N-dealkylation sites (N-methyl/N-ethyl adjacent to an activating group) is 1. The third-order valence-electron chi connectivity index (χ3n) is 5.24. The molecule has 2 atom stereocenters. The molecule has 0 aliphatic carbocycles. The number of hydrogen-bond acceptors (Lipinski definition) is 4. The molecule has 2 aliphatic rings. The summed E-state index contributed by atoms with van der Waals surface area (Å²) in [5, 5.41) is 10.4. The number of nitrogens with zero attached hydrogens (tertiary/aromatic N) is 3. The minimum absolute atomic E-state index is 0.185. The van der Waals surface area contributed by atoms with Crippen LogP contribution >= 0.6 is 0 Å². The number of carbonyl (C=O) groups is 1. The Bertz CT molecular complexity index is 537. The molecule has 2 fully saturated rings. The molecule has 2 aliphatic heterocycles. The standard InChI is InChI=1S/C19H29N3O2/c1-20(14-18(23)15-22-12-6-10-19(22)24)17-9-5-11-21(13-17)16-7-3-2-4-8-16/h2-4,7-8,17-18,23H,5-6,9-15H2,1H3/t17-,18+/m1/s1. The summed E-state index contributed by atoms with van der Waals surface area (Å²) in [6, 6.07) is 11.0. The van der Waals surface area contributed by atoms with Gasteiger partial charge >= 0.3 is 0 Å². The summed E-state index contributed by atoms with van der Waals surface area (Å²) in [6.45, 7) is 3.98. The average Bonchev–Trinajstić information content (AvgIpc) is 3.00. The fourth-order valence-electron chi connectivity index (χ4n) is 3.88.